The van der Waals surface area contributed by atoms with E-state index in [1.54, 1.807) is 29.3 Å². The van der Waals surface area contributed by atoms with E-state index in [9.17, 15) is 35.9 Å². The highest BCUT2D eigenvalue weighted by Crippen LogP contribution is 2.38. The Hall–Kier alpha value is -3.70. The summed E-state index contributed by atoms with van der Waals surface area (Å²) in [5.41, 5.74) is -1.62. The van der Waals surface area contributed by atoms with Gasteiger partial charge in [-0.1, -0.05) is 47.5 Å². The molecule has 4 aromatic rings. The molecule has 0 unspecified atom stereocenters. The van der Waals surface area contributed by atoms with Gasteiger partial charge in [-0.25, -0.2) is 0 Å². The zero-order chi connectivity index (χ0) is 32.0. The first kappa shape index (κ1) is 31.7. The van der Waals surface area contributed by atoms with Crippen molar-refractivity contribution in [1.82, 2.24) is 14.8 Å². The number of carbonyl (C=O) groups excluding carboxylic acids is 2. The molecule has 5 rings (SSSR count). The number of para-hydroxylation sites is 1. The number of carbonyl (C=O) groups is 2. The topological polar surface area (TPSA) is 56.4 Å². The molecule has 13 heteroatoms. The molecule has 1 N–H and O–H groups in total. The zero-order valence-corrected chi connectivity index (χ0v) is 24.6. The van der Waals surface area contributed by atoms with Crippen LogP contribution in [0.4, 0.5) is 26.3 Å². The van der Waals surface area contributed by atoms with Crippen LogP contribution in [0.2, 0.25) is 10.0 Å². The first-order valence-corrected chi connectivity index (χ1v) is 14.2. The van der Waals surface area contributed by atoms with E-state index in [1.165, 1.54) is 7.05 Å². The van der Waals surface area contributed by atoms with Crippen LogP contribution in [0.3, 0.4) is 0 Å². The number of hydrogen-bond donors (Lipinski definition) is 1. The number of halogens is 8. The Kier molecular flexibility index (Phi) is 8.65. The van der Waals surface area contributed by atoms with Crippen molar-refractivity contribution in [2.45, 2.75) is 37.2 Å². The van der Waals surface area contributed by atoms with E-state index < -0.39 is 46.9 Å². The number of hydrogen-bond acceptors (Lipinski definition) is 2. The number of benzene rings is 3. The van der Waals surface area contributed by atoms with Gasteiger partial charge in [0.05, 0.1) is 27.6 Å². The molecule has 5 nitrogen and oxygen atoms in total. The number of aromatic amines is 1. The number of likely N-dealkylation sites (N-methyl/N-ethyl adjacent to an activating group) is 1. The molecule has 2 heterocycles. The Morgan fingerprint density at radius 2 is 1.59 bits per heavy atom. The van der Waals surface area contributed by atoms with Gasteiger partial charge in [0.1, 0.15) is 0 Å². The van der Waals surface area contributed by atoms with Crippen LogP contribution in [0.5, 0.6) is 0 Å². The van der Waals surface area contributed by atoms with E-state index in [-0.39, 0.29) is 47.9 Å². The molecular formula is C31H25Cl2F6N3O2. The second-order valence-electron chi connectivity index (χ2n) is 10.7. The zero-order valence-electron chi connectivity index (χ0n) is 23.1. The van der Waals surface area contributed by atoms with Crippen molar-refractivity contribution in [3.05, 3.63) is 105 Å². The van der Waals surface area contributed by atoms with Gasteiger partial charge < -0.3 is 14.8 Å². The molecule has 0 saturated carbocycles. The van der Waals surface area contributed by atoms with Gasteiger partial charge in [-0.2, -0.15) is 26.3 Å². The van der Waals surface area contributed by atoms with Crippen LogP contribution in [0.25, 0.3) is 10.9 Å². The van der Waals surface area contributed by atoms with Crippen molar-refractivity contribution in [3.8, 4) is 0 Å². The molecule has 2 amide bonds. The smallest absolute Gasteiger partial charge is 0.361 e. The number of nitrogens with zero attached hydrogens (tertiary/aromatic N) is 2. The predicted molar refractivity (Wildman–Crippen MR) is 155 cm³/mol. The molecule has 1 saturated heterocycles. The van der Waals surface area contributed by atoms with E-state index in [4.69, 9.17) is 23.2 Å². The minimum Gasteiger partial charge on any atom is -0.361 e. The molecule has 0 radical (unpaired) electrons. The number of piperidine rings is 1. The number of nitrogens with one attached hydrogen (secondary N) is 1. The summed E-state index contributed by atoms with van der Waals surface area (Å²) in [5.74, 6) is -1.78. The van der Waals surface area contributed by atoms with Gasteiger partial charge in [0.25, 0.3) is 5.91 Å². The fourth-order valence-corrected chi connectivity index (χ4v) is 5.99. The van der Waals surface area contributed by atoms with Gasteiger partial charge in [0.2, 0.25) is 5.91 Å². The Balaban J connectivity index is 1.45. The maximum Gasteiger partial charge on any atom is 0.416 e. The molecule has 44 heavy (non-hydrogen) atoms. The van der Waals surface area contributed by atoms with E-state index in [0.29, 0.717) is 17.7 Å². The van der Waals surface area contributed by atoms with E-state index in [0.717, 1.165) is 21.4 Å². The molecule has 0 bridgehead atoms. The molecule has 1 aromatic heterocycles. The monoisotopic (exact) mass is 655 g/mol. The summed E-state index contributed by atoms with van der Waals surface area (Å²) < 4.78 is 81.0. The fourth-order valence-electron chi connectivity index (χ4n) is 5.69. The van der Waals surface area contributed by atoms with Crippen LogP contribution < -0.4 is 0 Å². The predicted octanol–water partition coefficient (Wildman–Crippen LogP) is 8.21. The average Bonchev–Trinajstić information content (AvgIpc) is 3.39. The third kappa shape index (κ3) is 6.53. The number of alkyl halides is 6. The third-order valence-corrected chi connectivity index (χ3v) is 8.71. The lowest BCUT2D eigenvalue weighted by atomic mass is 9.84. The first-order chi connectivity index (χ1) is 20.6. The number of rotatable bonds is 5. The fraction of sp³-hybridized carbons (Fsp3) is 0.290. The van der Waals surface area contributed by atoms with Crippen LogP contribution in [-0.4, -0.2) is 52.8 Å². The van der Waals surface area contributed by atoms with Crippen LogP contribution in [-0.2, 0) is 23.6 Å². The second kappa shape index (κ2) is 12.0. The highest BCUT2D eigenvalue weighted by atomic mass is 35.5. The van der Waals surface area contributed by atoms with E-state index >= 15 is 0 Å². The van der Waals surface area contributed by atoms with Gasteiger partial charge in [0.15, 0.2) is 0 Å². The number of amides is 2. The normalized spacial score (nSPS) is 17.6. The summed E-state index contributed by atoms with van der Waals surface area (Å²) >= 11 is 12.4. The standard InChI is InChI=1S/C31H25Cl2F6N3O2/c1-41(29(44)18-10-20(30(34,35)36)14-21(11-18)31(37,38)39)27-8-9-42(16-23(27)17-6-7-24(32)25(33)12-17)28(43)13-19-15-40-26-5-3-2-4-22(19)26/h2-7,10-12,14-15,23,27,40H,8-9,13,16H2,1H3/t23-,27+/m0/s1. The van der Waals surface area contributed by atoms with Gasteiger partial charge in [-0.15, -0.1) is 0 Å². The van der Waals surface area contributed by atoms with Crippen molar-refractivity contribution in [2.24, 2.45) is 0 Å². The summed E-state index contributed by atoms with van der Waals surface area (Å²) in [5, 5.41) is 1.39. The Bertz CT molecular complexity index is 1690. The average molecular weight is 656 g/mol. The minimum atomic E-state index is -5.10. The maximum absolute atomic E-state index is 13.5. The largest absolute Gasteiger partial charge is 0.416 e. The number of fused-ring (bicyclic) bond motifs is 1. The van der Waals surface area contributed by atoms with E-state index in [1.807, 2.05) is 24.3 Å². The van der Waals surface area contributed by atoms with Crippen LogP contribution >= 0.6 is 23.2 Å². The molecule has 0 aliphatic carbocycles. The van der Waals surface area contributed by atoms with Crippen molar-refractivity contribution in [1.29, 1.82) is 0 Å². The molecular weight excluding hydrogens is 631 g/mol. The third-order valence-electron chi connectivity index (χ3n) is 7.97. The maximum atomic E-state index is 13.5. The lowest BCUT2D eigenvalue weighted by Gasteiger charge is -2.43. The summed E-state index contributed by atoms with van der Waals surface area (Å²) in [6, 6.07) is 12.5. The first-order valence-electron chi connectivity index (χ1n) is 13.5. The molecule has 1 fully saturated rings. The molecule has 232 valence electrons. The Labute approximate surface area is 258 Å². The summed E-state index contributed by atoms with van der Waals surface area (Å²) in [6.45, 7) is 0.329. The highest BCUT2D eigenvalue weighted by molar-refractivity contribution is 6.42. The molecule has 1 aliphatic heterocycles. The van der Waals surface area contributed by atoms with E-state index in [2.05, 4.69) is 4.98 Å². The van der Waals surface area contributed by atoms with Crippen molar-refractivity contribution < 1.29 is 35.9 Å². The summed E-state index contributed by atoms with van der Waals surface area (Å²) in [4.78, 5) is 32.9. The van der Waals surface area contributed by atoms with Gasteiger partial charge in [-0.3, -0.25) is 9.59 Å². The molecule has 3 aromatic carbocycles. The van der Waals surface area contributed by atoms with Crippen LogP contribution in [0.15, 0.2) is 66.9 Å². The van der Waals surface area contributed by atoms with Crippen LogP contribution in [0.1, 0.15) is 45.0 Å². The van der Waals surface area contributed by atoms with Crippen molar-refractivity contribution in [3.63, 3.8) is 0 Å². The van der Waals surface area contributed by atoms with Crippen molar-refractivity contribution >= 4 is 45.9 Å². The molecule has 2 atom stereocenters. The summed E-state index contributed by atoms with van der Waals surface area (Å²) in [7, 11) is 1.33. The number of likely N-dealkylation sites (tertiary alicyclic amines) is 1. The Morgan fingerprint density at radius 1 is 0.932 bits per heavy atom. The lowest BCUT2D eigenvalue weighted by molar-refractivity contribution is -0.143. The number of aromatic nitrogens is 1. The SMILES string of the molecule is CN(C(=O)c1cc(C(F)(F)F)cc(C(F)(F)F)c1)[C@@H]1CCN(C(=O)Cc2c[nH]c3ccccc23)C[C@H]1c1ccc(Cl)c(Cl)c1. The van der Waals surface area contributed by atoms with Crippen molar-refractivity contribution in [2.75, 3.05) is 20.1 Å². The quantitative estimate of drug-likeness (QED) is 0.220. The highest BCUT2D eigenvalue weighted by Gasteiger charge is 2.40. The lowest BCUT2D eigenvalue weighted by Crippen LogP contribution is -2.52. The number of H-pyrrole nitrogens is 1. The minimum absolute atomic E-state index is 0.0207. The second-order valence-corrected chi connectivity index (χ2v) is 11.5. The van der Waals surface area contributed by atoms with Gasteiger partial charge >= 0.3 is 12.4 Å². The molecule has 1 aliphatic rings. The van der Waals surface area contributed by atoms with Gasteiger partial charge in [0, 0.05) is 54.8 Å². The Morgan fingerprint density at radius 3 is 2.23 bits per heavy atom. The van der Waals surface area contributed by atoms with Crippen LogP contribution in [0, 0.1) is 0 Å². The molecule has 0 spiro atoms. The van der Waals surface area contributed by atoms with Gasteiger partial charge in [-0.05, 0) is 53.9 Å². The summed E-state index contributed by atoms with van der Waals surface area (Å²) in [6.07, 6.45) is -8.13.